The van der Waals surface area contributed by atoms with Crippen LogP contribution < -0.4 is 9.64 Å². The van der Waals surface area contributed by atoms with Crippen molar-refractivity contribution in [3.63, 3.8) is 0 Å². The Morgan fingerprint density at radius 3 is 2.31 bits per heavy atom. The number of aliphatic imine (C=N–C) groups is 1. The number of nitrogens with zero attached hydrogens (tertiary/aromatic N) is 3. The molecular weight excluding hydrogens is 405 g/mol. The van der Waals surface area contributed by atoms with E-state index in [1.54, 1.807) is 0 Å². The van der Waals surface area contributed by atoms with Gasteiger partial charge in [0.1, 0.15) is 17.3 Å². The van der Waals surface area contributed by atoms with Crippen molar-refractivity contribution in [2.45, 2.75) is 0 Å². The van der Waals surface area contributed by atoms with Crippen LogP contribution in [0.2, 0.25) is 10.0 Å². The SMILES string of the molecule is Clc1ccc2c(c1)N=C(N1CCN(c3ccccc3Cl)CC1)c1ccccc1O2. The fraction of sp³-hybridized carbons (Fsp3) is 0.174. The van der Waals surface area contributed by atoms with E-state index in [2.05, 4.69) is 21.9 Å². The van der Waals surface area contributed by atoms with E-state index in [4.69, 9.17) is 32.9 Å². The maximum absolute atomic E-state index is 6.39. The molecule has 0 saturated carbocycles. The van der Waals surface area contributed by atoms with Crippen LogP contribution in [0.3, 0.4) is 0 Å². The Kier molecular flexibility index (Phi) is 4.82. The number of halogens is 2. The summed E-state index contributed by atoms with van der Waals surface area (Å²) in [6.07, 6.45) is 0. The van der Waals surface area contributed by atoms with Gasteiger partial charge in [-0.25, -0.2) is 4.99 Å². The molecule has 6 heteroatoms. The Morgan fingerprint density at radius 1 is 0.759 bits per heavy atom. The smallest absolute Gasteiger partial charge is 0.153 e. The summed E-state index contributed by atoms with van der Waals surface area (Å²) in [7, 11) is 0. The first-order valence-corrected chi connectivity index (χ1v) is 10.3. The van der Waals surface area contributed by atoms with Crippen LogP contribution in [-0.2, 0) is 0 Å². The van der Waals surface area contributed by atoms with Crippen molar-refractivity contribution >= 4 is 40.4 Å². The minimum atomic E-state index is 0.643. The fourth-order valence-corrected chi connectivity index (χ4v) is 4.23. The highest BCUT2D eigenvalue weighted by atomic mass is 35.5. The Labute approximate surface area is 179 Å². The van der Waals surface area contributed by atoms with E-state index in [9.17, 15) is 0 Å². The molecule has 0 amide bonds. The van der Waals surface area contributed by atoms with Crippen molar-refractivity contribution in [2.75, 3.05) is 31.1 Å². The molecule has 0 aliphatic carbocycles. The Hall–Kier alpha value is -2.69. The normalized spacial score (nSPS) is 15.7. The van der Waals surface area contributed by atoms with Gasteiger partial charge in [-0.3, -0.25) is 0 Å². The standard InChI is InChI=1S/C23H19Cl2N3O/c24-16-9-10-22-19(15-16)26-23(17-5-1-4-8-21(17)29-22)28-13-11-27(12-14-28)20-7-3-2-6-18(20)25/h1-10,15H,11-14H2. The van der Waals surface area contributed by atoms with Crippen molar-refractivity contribution in [1.29, 1.82) is 0 Å². The highest BCUT2D eigenvalue weighted by Crippen LogP contribution is 2.39. The zero-order chi connectivity index (χ0) is 19.8. The van der Waals surface area contributed by atoms with Crippen LogP contribution in [0.15, 0.2) is 71.7 Å². The van der Waals surface area contributed by atoms with Gasteiger partial charge in [0.2, 0.25) is 0 Å². The summed E-state index contributed by atoms with van der Waals surface area (Å²) in [4.78, 5) is 9.60. The molecule has 2 heterocycles. The molecule has 146 valence electrons. The van der Waals surface area contributed by atoms with E-state index in [1.807, 2.05) is 54.6 Å². The fourth-order valence-electron chi connectivity index (χ4n) is 3.81. The van der Waals surface area contributed by atoms with E-state index in [-0.39, 0.29) is 0 Å². The number of hydrogen-bond donors (Lipinski definition) is 0. The minimum Gasteiger partial charge on any atom is -0.454 e. The quantitative estimate of drug-likeness (QED) is 0.480. The Morgan fingerprint density at radius 2 is 1.48 bits per heavy atom. The lowest BCUT2D eigenvalue weighted by Gasteiger charge is -2.38. The van der Waals surface area contributed by atoms with E-state index in [0.717, 1.165) is 59.7 Å². The van der Waals surface area contributed by atoms with Gasteiger partial charge in [0.25, 0.3) is 0 Å². The third-order valence-electron chi connectivity index (χ3n) is 5.27. The monoisotopic (exact) mass is 423 g/mol. The molecule has 0 atom stereocenters. The van der Waals surface area contributed by atoms with E-state index < -0.39 is 0 Å². The predicted octanol–water partition coefficient (Wildman–Crippen LogP) is 6.00. The predicted molar refractivity (Wildman–Crippen MR) is 119 cm³/mol. The van der Waals surface area contributed by atoms with E-state index >= 15 is 0 Å². The Balaban J connectivity index is 1.48. The van der Waals surface area contributed by atoms with Gasteiger partial charge < -0.3 is 14.5 Å². The molecule has 0 spiro atoms. The van der Waals surface area contributed by atoms with Gasteiger partial charge in [0.15, 0.2) is 5.75 Å². The number of benzene rings is 3. The third kappa shape index (κ3) is 3.54. The number of hydrogen-bond acceptors (Lipinski definition) is 4. The van der Waals surface area contributed by atoms with Crippen LogP contribution >= 0.6 is 23.2 Å². The molecule has 29 heavy (non-hydrogen) atoms. The van der Waals surface area contributed by atoms with Crippen LogP contribution in [0.5, 0.6) is 11.5 Å². The largest absolute Gasteiger partial charge is 0.454 e. The molecule has 3 aromatic carbocycles. The van der Waals surface area contributed by atoms with Crippen LogP contribution in [0.4, 0.5) is 11.4 Å². The molecule has 0 unspecified atom stereocenters. The van der Waals surface area contributed by atoms with Crippen molar-refractivity contribution in [3.05, 3.63) is 82.3 Å². The summed E-state index contributed by atoms with van der Waals surface area (Å²) in [5, 5.41) is 1.43. The average Bonchev–Trinajstić information content (AvgIpc) is 2.91. The highest BCUT2D eigenvalue weighted by molar-refractivity contribution is 6.33. The molecule has 1 fully saturated rings. The molecule has 0 N–H and O–H groups in total. The number of para-hydroxylation sites is 2. The highest BCUT2D eigenvalue weighted by Gasteiger charge is 2.26. The molecular formula is C23H19Cl2N3O. The van der Waals surface area contributed by atoms with E-state index in [0.29, 0.717) is 10.8 Å². The maximum Gasteiger partial charge on any atom is 0.153 e. The first-order chi connectivity index (χ1) is 14.2. The number of anilines is 1. The number of piperazine rings is 1. The van der Waals surface area contributed by atoms with Gasteiger partial charge in [-0.2, -0.15) is 0 Å². The van der Waals surface area contributed by atoms with Crippen molar-refractivity contribution in [2.24, 2.45) is 4.99 Å². The number of rotatable bonds is 1. The van der Waals surface area contributed by atoms with Gasteiger partial charge in [-0.05, 0) is 42.5 Å². The number of fused-ring (bicyclic) bond motifs is 2. The molecule has 1 saturated heterocycles. The molecule has 2 aliphatic heterocycles. The van der Waals surface area contributed by atoms with Gasteiger partial charge in [0.05, 0.1) is 16.3 Å². The summed E-state index contributed by atoms with van der Waals surface area (Å²) in [5.74, 6) is 2.44. The summed E-state index contributed by atoms with van der Waals surface area (Å²) in [6.45, 7) is 3.42. The lowest BCUT2D eigenvalue weighted by Crippen LogP contribution is -2.49. The van der Waals surface area contributed by atoms with Gasteiger partial charge >= 0.3 is 0 Å². The zero-order valence-electron chi connectivity index (χ0n) is 15.7. The van der Waals surface area contributed by atoms with Crippen LogP contribution in [0, 0.1) is 0 Å². The molecule has 0 radical (unpaired) electrons. The van der Waals surface area contributed by atoms with Gasteiger partial charge in [0, 0.05) is 31.2 Å². The molecule has 5 rings (SSSR count). The van der Waals surface area contributed by atoms with E-state index in [1.165, 1.54) is 0 Å². The second-order valence-corrected chi connectivity index (χ2v) is 7.91. The number of ether oxygens (including phenoxy) is 1. The molecule has 0 aromatic heterocycles. The van der Waals surface area contributed by atoms with Crippen LogP contribution in [0.25, 0.3) is 0 Å². The van der Waals surface area contributed by atoms with Gasteiger partial charge in [-0.1, -0.05) is 47.5 Å². The van der Waals surface area contributed by atoms with Crippen LogP contribution in [0.1, 0.15) is 5.56 Å². The maximum atomic E-state index is 6.39. The zero-order valence-corrected chi connectivity index (χ0v) is 17.2. The summed E-state index contributed by atoms with van der Waals surface area (Å²) >= 11 is 12.6. The van der Waals surface area contributed by atoms with Crippen molar-refractivity contribution in [3.8, 4) is 11.5 Å². The minimum absolute atomic E-state index is 0.643. The van der Waals surface area contributed by atoms with Crippen LogP contribution in [-0.4, -0.2) is 36.9 Å². The molecule has 4 nitrogen and oxygen atoms in total. The lowest BCUT2D eigenvalue weighted by atomic mass is 10.1. The lowest BCUT2D eigenvalue weighted by molar-refractivity contribution is 0.386. The summed E-state index contributed by atoms with van der Waals surface area (Å²) in [5.41, 5.74) is 2.82. The third-order valence-corrected chi connectivity index (χ3v) is 5.82. The van der Waals surface area contributed by atoms with Gasteiger partial charge in [-0.15, -0.1) is 0 Å². The molecule has 0 bridgehead atoms. The second kappa shape index (κ2) is 7.62. The first-order valence-electron chi connectivity index (χ1n) is 9.59. The van der Waals surface area contributed by atoms with Crippen molar-refractivity contribution < 1.29 is 4.74 Å². The number of amidine groups is 1. The average molecular weight is 424 g/mol. The second-order valence-electron chi connectivity index (χ2n) is 7.07. The van der Waals surface area contributed by atoms with Crippen molar-refractivity contribution in [1.82, 2.24) is 4.90 Å². The Bertz CT molecular complexity index is 1090. The summed E-state index contributed by atoms with van der Waals surface area (Å²) < 4.78 is 6.16. The first kappa shape index (κ1) is 18.3. The summed E-state index contributed by atoms with van der Waals surface area (Å²) in [6, 6.07) is 21.6. The molecule has 2 aliphatic rings. The topological polar surface area (TPSA) is 28.1 Å². The molecule has 3 aromatic rings.